The fraction of sp³-hybridized carbons (Fsp3) is 0.833. The summed E-state index contributed by atoms with van der Waals surface area (Å²) in [6, 6.07) is 0. The predicted molar refractivity (Wildman–Crippen MR) is 43.5 cm³/mol. The van der Waals surface area contributed by atoms with E-state index in [1.807, 2.05) is 0 Å². The Morgan fingerprint density at radius 3 is 2.40 bits per heavy atom. The average molecular weight is 166 g/mol. The van der Waals surface area contributed by atoms with Crippen LogP contribution in [0.5, 0.6) is 0 Å². The van der Waals surface area contributed by atoms with Gasteiger partial charge in [-0.25, -0.2) is 0 Å². The first-order valence-corrected chi connectivity index (χ1v) is 2.83. The molecule has 0 aromatic heterocycles. The number of carbonyl (C=O) groups is 1. The zero-order valence-corrected chi connectivity index (χ0v) is 7.51. The molecule has 0 amide bonds. The van der Waals surface area contributed by atoms with Gasteiger partial charge in [0.25, 0.3) is 0 Å². The molecule has 0 bridgehead atoms. The fourth-order valence-electron chi connectivity index (χ4n) is 0.552. The Hall–Kier alpha value is -0.220. The van der Waals surface area contributed by atoms with Crippen molar-refractivity contribution in [3.8, 4) is 0 Å². The number of esters is 1. The zero-order chi connectivity index (χ0) is 7.28. The van der Waals surface area contributed by atoms with Crippen LogP contribution in [0.15, 0.2) is 0 Å². The molecule has 0 saturated carbocycles. The van der Waals surface area contributed by atoms with E-state index in [1.165, 1.54) is 6.92 Å². The molecule has 10 heavy (non-hydrogen) atoms. The maximum absolute atomic E-state index is 10.3. The van der Waals surface area contributed by atoms with Crippen molar-refractivity contribution in [1.82, 2.24) is 0 Å². The molecule has 0 aliphatic carbocycles. The number of methoxy groups -OCH3 is 1. The van der Waals surface area contributed by atoms with Crippen LogP contribution >= 0.6 is 13.5 Å². The summed E-state index contributed by atoms with van der Waals surface area (Å²) in [5.74, 6) is -0.264. The number of carbonyl (C=O) groups excluding carboxylic acids is 1. The molecule has 0 aromatic rings. The lowest BCUT2D eigenvalue weighted by atomic mass is 10.4. The number of ether oxygens (including phenoxy) is 2. The second-order valence-corrected chi connectivity index (χ2v) is 1.88. The summed E-state index contributed by atoms with van der Waals surface area (Å²) >= 11 is 0. The van der Waals surface area contributed by atoms with Crippen LogP contribution in [0.3, 0.4) is 0 Å². The van der Waals surface area contributed by atoms with Crippen LogP contribution in [-0.4, -0.2) is 25.8 Å². The summed E-state index contributed by atoms with van der Waals surface area (Å²) in [7, 11) is 1.57. The fourth-order valence-corrected chi connectivity index (χ4v) is 0.552. The van der Waals surface area contributed by atoms with Crippen molar-refractivity contribution in [2.24, 2.45) is 0 Å². The largest absolute Gasteiger partial charge is 0.460 e. The molecule has 1 unspecified atom stereocenters. The Labute approximate surface area is 68.1 Å². The summed E-state index contributed by atoms with van der Waals surface area (Å²) in [5.41, 5.74) is 0. The minimum atomic E-state index is -0.264. The van der Waals surface area contributed by atoms with Gasteiger partial charge in [0.1, 0.15) is 6.10 Å². The van der Waals surface area contributed by atoms with Crippen molar-refractivity contribution in [3.05, 3.63) is 0 Å². The minimum absolute atomic E-state index is 0. The van der Waals surface area contributed by atoms with Gasteiger partial charge in [0.2, 0.25) is 0 Å². The summed E-state index contributed by atoms with van der Waals surface area (Å²) in [6.07, 6.45) is -0.132. The van der Waals surface area contributed by atoms with E-state index in [0.29, 0.717) is 6.61 Å². The third kappa shape index (κ3) is 7.78. The van der Waals surface area contributed by atoms with Gasteiger partial charge >= 0.3 is 5.97 Å². The molecular weight excluding hydrogens is 152 g/mol. The number of hydrogen-bond donors (Lipinski definition) is 0. The Kier molecular flexibility index (Phi) is 8.59. The van der Waals surface area contributed by atoms with E-state index in [9.17, 15) is 4.79 Å². The monoisotopic (exact) mass is 166 g/mol. The van der Waals surface area contributed by atoms with Gasteiger partial charge < -0.3 is 9.47 Å². The van der Waals surface area contributed by atoms with Crippen molar-refractivity contribution in [3.63, 3.8) is 0 Å². The molecule has 0 aromatic carbocycles. The van der Waals surface area contributed by atoms with Crippen LogP contribution in [0, 0.1) is 0 Å². The molecule has 4 heteroatoms. The molecule has 0 spiro atoms. The van der Waals surface area contributed by atoms with Crippen molar-refractivity contribution >= 4 is 19.5 Å². The molecule has 0 N–H and O–H groups in total. The molecule has 0 rings (SSSR count). The van der Waals surface area contributed by atoms with Crippen molar-refractivity contribution in [2.75, 3.05) is 13.7 Å². The van der Waals surface area contributed by atoms with Gasteiger partial charge in [-0.3, -0.25) is 4.79 Å². The summed E-state index contributed by atoms with van der Waals surface area (Å²) in [4.78, 5) is 10.3. The third-order valence-corrected chi connectivity index (χ3v) is 0.769. The highest BCUT2D eigenvalue weighted by molar-refractivity contribution is 7.59. The SMILES string of the molecule is COCC(C)OC(C)=O.S. The highest BCUT2D eigenvalue weighted by Gasteiger charge is 2.02. The Balaban J connectivity index is 0. The smallest absolute Gasteiger partial charge is 0.302 e. The van der Waals surface area contributed by atoms with Crippen LogP contribution in [-0.2, 0) is 14.3 Å². The van der Waals surface area contributed by atoms with E-state index in [-0.39, 0.29) is 25.6 Å². The molecular formula is C6H14O3S. The van der Waals surface area contributed by atoms with E-state index in [2.05, 4.69) is 0 Å². The minimum Gasteiger partial charge on any atom is -0.460 e. The summed E-state index contributed by atoms with van der Waals surface area (Å²) in [6.45, 7) is 3.62. The molecule has 1 atom stereocenters. The molecule has 0 radical (unpaired) electrons. The van der Waals surface area contributed by atoms with Crippen molar-refractivity contribution < 1.29 is 14.3 Å². The van der Waals surface area contributed by atoms with Crippen LogP contribution in [0.1, 0.15) is 13.8 Å². The highest BCUT2D eigenvalue weighted by atomic mass is 32.1. The molecule has 62 valence electrons. The number of hydrogen-bond acceptors (Lipinski definition) is 3. The first kappa shape index (κ1) is 12.5. The standard InChI is InChI=1S/C6H12O3.H2S/c1-5(4-8-3)9-6(2)7;/h5H,4H2,1-3H3;1H2. The lowest BCUT2D eigenvalue weighted by Gasteiger charge is -2.08. The van der Waals surface area contributed by atoms with Crippen molar-refractivity contribution in [2.45, 2.75) is 20.0 Å². The zero-order valence-electron chi connectivity index (χ0n) is 6.51. The molecule has 0 aliphatic heterocycles. The summed E-state index contributed by atoms with van der Waals surface area (Å²) < 4.78 is 9.45. The second kappa shape index (κ2) is 6.89. The van der Waals surface area contributed by atoms with Crippen LogP contribution in [0.25, 0.3) is 0 Å². The summed E-state index contributed by atoms with van der Waals surface area (Å²) in [5, 5.41) is 0. The molecule has 0 fully saturated rings. The molecule has 3 nitrogen and oxygen atoms in total. The van der Waals surface area contributed by atoms with Gasteiger partial charge in [0, 0.05) is 14.0 Å². The van der Waals surface area contributed by atoms with Crippen LogP contribution in [0.4, 0.5) is 0 Å². The Morgan fingerprint density at radius 1 is 1.60 bits per heavy atom. The lowest BCUT2D eigenvalue weighted by Crippen LogP contribution is -2.17. The molecule has 0 saturated heterocycles. The van der Waals surface area contributed by atoms with Gasteiger partial charge in [-0.2, -0.15) is 13.5 Å². The molecule has 0 aliphatic rings. The topological polar surface area (TPSA) is 35.5 Å². The van der Waals surface area contributed by atoms with E-state index in [0.717, 1.165) is 0 Å². The van der Waals surface area contributed by atoms with Crippen molar-refractivity contribution in [1.29, 1.82) is 0 Å². The van der Waals surface area contributed by atoms with E-state index >= 15 is 0 Å². The maximum Gasteiger partial charge on any atom is 0.302 e. The normalized spacial score (nSPS) is 11.5. The van der Waals surface area contributed by atoms with E-state index < -0.39 is 0 Å². The third-order valence-electron chi connectivity index (χ3n) is 0.769. The first-order chi connectivity index (χ1) is 4.16. The Bertz CT molecular complexity index is 95.0. The average Bonchev–Trinajstić information content (AvgIpc) is 1.63. The van der Waals surface area contributed by atoms with Crippen LogP contribution < -0.4 is 0 Å². The Morgan fingerprint density at radius 2 is 2.10 bits per heavy atom. The second-order valence-electron chi connectivity index (χ2n) is 1.88. The van der Waals surface area contributed by atoms with E-state index in [1.54, 1.807) is 14.0 Å². The highest BCUT2D eigenvalue weighted by Crippen LogP contribution is 1.90. The predicted octanol–water partition coefficient (Wildman–Crippen LogP) is 0.697. The van der Waals surface area contributed by atoms with Gasteiger partial charge in [-0.1, -0.05) is 0 Å². The number of rotatable bonds is 3. The quantitative estimate of drug-likeness (QED) is 0.579. The first-order valence-electron chi connectivity index (χ1n) is 2.83. The van der Waals surface area contributed by atoms with Gasteiger partial charge in [-0.05, 0) is 6.92 Å². The van der Waals surface area contributed by atoms with Gasteiger partial charge in [0.15, 0.2) is 0 Å². The maximum atomic E-state index is 10.3. The van der Waals surface area contributed by atoms with Gasteiger partial charge in [-0.15, -0.1) is 0 Å². The molecule has 0 heterocycles. The van der Waals surface area contributed by atoms with Gasteiger partial charge in [0.05, 0.1) is 6.61 Å². The lowest BCUT2D eigenvalue weighted by molar-refractivity contribution is -0.147. The van der Waals surface area contributed by atoms with Crippen LogP contribution in [0.2, 0.25) is 0 Å². The van der Waals surface area contributed by atoms with E-state index in [4.69, 9.17) is 9.47 Å².